The maximum Gasteiger partial charge on any atom is 0.371 e. The number of hydrogen-bond donors (Lipinski definition) is 1. The average Bonchev–Trinajstić information content (AvgIpc) is 2.79. The highest BCUT2D eigenvalue weighted by molar-refractivity contribution is 5.84. The van der Waals surface area contributed by atoms with E-state index in [-0.39, 0.29) is 11.7 Å². The van der Waals surface area contributed by atoms with Gasteiger partial charge in [-0.15, -0.1) is 0 Å². The number of furan rings is 1. The van der Waals surface area contributed by atoms with Crippen molar-refractivity contribution in [3.63, 3.8) is 0 Å². The zero-order valence-corrected chi connectivity index (χ0v) is 9.34. The topological polar surface area (TPSA) is 59.7 Å². The van der Waals surface area contributed by atoms with Crippen LogP contribution in [0.25, 0.3) is 0 Å². The number of aryl methyl sites for hydroxylation is 1. The Labute approximate surface area is 98.4 Å². The van der Waals surface area contributed by atoms with E-state index in [0.29, 0.717) is 5.75 Å². The SMILES string of the molecule is CCc1ccc(Oc2ccc(C(=O)O)o2)cc1. The number of aromatic carboxylic acids is 1. The molecular formula is C13H12O4. The van der Waals surface area contributed by atoms with E-state index in [1.165, 1.54) is 17.7 Å². The lowest BCUT2D eigenvalue weighted by molar-refractivity contribution is 0.0657. The third kappa shape index (κ3) is 2.66. The molecule has 88 valence electrons. The molecule has 0 saturated heterocycles. The largest absolute Gasteiger partial charge is 0.475 e. The van der Waals surface area contributed by atoms with E-state index in [0.717, 1.165) is 6.42 Å². The lowest BCUT2D eigenvalue weighted by atomic mass is 10.2. The van der Waals surface area contributed by atoms with Crippen molar-refractivity contribution in [3.8, 4) is 11.7 Å². The van der Waals surface area contributed by atoms with Crippen molar-refractivity contribution in [1.29, 1.82) is 0 Å². The molecule has 17 heavy (non-hydrogen) atoms. The van der Waals surface area contributed by atoms with Gasteiger partial charge in [-0.25, -0.2) is 4.79 Å². The normalized spacial score (nSPS) is 10.2. The predicted octanol–water partition coefficient (Wildman–Crippen LogP) is 3.33. The van der Waals surface area contributed by atoms with E-state index in [1.807, 2.05) is 24.3 Å². The molecule has 0 spiro atoms. The summed E-state index contributed by atoms with van der Waals surface area (Å²) in [5, 5.41) is 8.68. The zero-order chi connectivity index (χ0) is 12.3. The summed E-state index contributed by atoms with van der Waals surface area (Å²) in [5.41, 5.74) is 1.21. The van der Waals surface area contributed by atoms with E-state index < -0.39 is 5.97 Å². The Hall–Kier alpha value is -2.23. The van der Waals surface area contributed by atoms with Gasteiger partial charge in [0.25, 0.3) is 5.95 Å². The van der Waals surface area contributed by atoms with E-state index in [9.17, 15) is 4.79 Å². The molecule has 0 aliphatic carbocycles. The van der Waals surface area contributed by atoms with Gasteiger partial charge < -0.3 is 14.3 Å². The molecule has 0 atom stereocenters. The minimum atomic E-state index is -1.11. The summed E-state index contributed by atoms with van der Waals surface area (Å²) in [6.07, 6.45) is 0.962. The molecule has 0 radical (unpaired) electrons. The van der Waals surface area contributed by atoms with Crippen molar-refractivity contribution < 1.29 is 19.1 Å². The molecule has 0 unspecified atom stereocenters. The monoisotopic (exact) mass is 232 g/mol. The van der Waals surface area contributed by atoms with E-state index in [4.69, 9.17) is 14.3 Å². The minimum Gasteiger partial charge on any atom is -0.475 e. The van der Waals surface area contributed by atoms with Crippen molar-refractivity contribution in [1.82, 2.24) is 0 Å². The molecule has 1 N–H and O–H groups in total. The molecule has 2 rings (SSSR count). The van der Waals surface area contributed by atoms with Crippen LogP contribution in [0.1, 0.15) is 23.0 Å². The number of benzene rings is 1. The van der Waals surface area contributed by atoms with Crippen LogP contribution in [0.4, 0.5) is 0 Å². The van der Waals surface area contributed by atoms with E-state index in [2.05, 4.69) is 6.92 Å². The van der Waals surface area contributed by atoms with Crippen LogP contribution in [-0.2, 0) is 6.42 Å². The van der Waals surface area contributed by atoms with Crippen LogP contribution in [0.3, 0.4) is 0 Å². The Balaban J connectivity index is 2.11. The summed E-state index contributed by atoms with van der Waals surface area (Å²) < 4.78 is 10.4. The van der Waals surface area contributed by atoms with Crippen LogP contribution in [0.5, 0.6) is 11.7 Å². The van der Waals surface area contributed by atoms with Gasteiger partial charge in [0.2, 0.25) is 5.76 Å². The molecule has 0 aliphatic heterocycles. The first-order valence-corrected chi connectivity index (χ1v) is 5.29. The van der Waals surface area contributed by atoms with Gasteiger partial charge in [-0.05, 0) is 30.2 Å². The molecule has 1 heterocycles. The fourth-order valence-corrected chi connectivity index (χ4v) is 1.40. The second-order valence-corrected chi connectivity index (χ2v) is 3.52. The van der Waals surface area contributed by atoms with Gasteiger partial charge in [0.1, 0.15) is 5.75 Å². The first-order chi connectivity index (χ1) is 8.19. The van der Waals surface area contributed by atoms with Gasteiger partial charge in [-0.2, -0.15) is 0 Å². The summed E-state index contributed by atoms with van der Waals surface area (Å²) in [4.78, 5) is 10.6. The van der Waals surface area contributed by atoms with Crippen molar-refractivity contribution in [3.05, 3.63) is 47.7 Å². The summed E-state index contributed by atoms with van der Waals surface area (Å²) >= 11 is 0. The summed E-state index contributed by atoms with van der Waals surface area (Å²) in [5.74, 6) is -0.452. The molecule has 0 saturated carbocycles. The average molecular weight is 232 g/mol. The summed E-state index contributed by atoms with van der Waals surface area (Å²) in [7, 11) is 0. The highest BCUT2D eigenvalue weighted by atomic mass is 16.6. The first-order valence-electron chi connectivity index (χ1n) is 5.29. The van der Waals surface area contributed by atoms with Crippen molar-refractivity contribution in [2.75, 3.05) is 0 Å². The zero-order valence-electron chi connectivity index (χ0n) is 9.34. The molecule has 4 nitrogen and oxygen atoms in total. The van der Waals surface area contributed by atoms with E-state index >= 15 is 0 Å². The van der Waals surface area contributed by atoms with Crippen LogP contribution in [-0.4, -0.2) is 11.1 Å². The van der Waals surface area contributed by atoms with Crippen molar-refractivity contribution >= 4 is 5.97 Å². The Morgan fingerprint density at radius 1 is 1.24 bits per heavy atom. The smallest absolute Gasteiger partial charge is 0.371 e. The Kier molecular flexibility index (Phi) is 3.14. The standard InChI is InChI=1S/C13H12O4/c1-2-9-3-5-10(6-4-9)16-12-8-7-11(17-12)13(14)15/h3-8H,2H2,1H3,(H,14,15). The Morgan fingerprint density at radius 2 is 1.94 bits per heavy atom. The number of carbonyl (C=O) groups is 1. The van der Waals surface area contributed by atoms with Crippen molar-refractivity contribution in [2.45, 2.75) is 13.3 Å². The highest BCUT2D eigenvalue weighted by Crippen LogP contribution is 2.24. The number of carboxylic acid groups (broad SMARTS) is 1. The number of carboxylic acids is 1. The third-order valence-corrected chi connectivity index (χ3v) is 2.34. The quantitative estimate of drug-likeness (QED) is 0.878. The van der Waals surface area contributed by atoms with Gasteiger partial charge in [0.05, 0.1) is 0 Å². The van der Waals surface area contributed by atoms with Crippen LogP contribution in [0.2, 0.25) is 0 Å². The summed E-state index contributed by atoms with van der Waals surface area (Å²) in [6, 6.07) is 10.4. The van der Waals surface area contributed by atoms with Gasteiger partial charge in [0.15, 0.2) is 0 Å². The molecule has 0 bridgehead atoms. The molecule has 4 heteroatoms. The molecular weight excluding hydrogens is 220 g/mol. The Morgan fingerprint density at radius 3 is 2.47 bits per heavy atom. The fraction of sp³-hybridized carbons (Fsp3) is 0.154. The maximum absolute atomic E-state index is 10.6. The van der Waals surface area contributed by atoms with Gasteiger partial charge in [-0.1, -0.05) is 19.1 Å². The molecule has 0 aliphatic rings. The number of rotatable bonds is 4. The fourth-order valence-electron chi connectivity index (χ4n) is 1.40. The maximum atomic E-state index is 10.6. The first kappa shape index (κ1) is 11.3. The van der Waals surface area contributed by atoms with Crippen LogP contribution >= 0.6 is 0 Å². The van der Waals surface area contributed by atoms with Gasteiger partial charge in [-0.3, -0.25) is 0 Å². The summed E-state index contributed by atoms with van der Waals surface area (Å²) in [6.45, 7) is 2.07. The molecule has 0 fully saturated rings. The van der Waals surface area contributed by atoms with Crippen LogP contribution in [0, 0.1) is 0 Å². The lowest BCUT2D eigenvalue weighted by Gasteiger charge is -2.02. The Bertz CT molecular complexity index is 510. The highest BCUT2D eigenvalue weighted by Gasteiger charge is 2.09. The second-order valence-electron chi connectivity index (χ2n) is 3.52. The van der Waals surface area contributed by atoms with Crippen LogP contribution < -0.4 is 4.74 Å². The molecule has 1 aromatic carbocycles. The van der Waals surface area contributed by atoms with Gasteiger partial charge in [0, 0.05) is 6.07 Å². The molecule has 2 aromatic rings. The molecule has 0 amide bonds. The lowest BCUT2D eigenvalue weighted by Crippen LogP contribution is -1.91. The second kappa shape index (κ2) is 4.74. The third-order valence-electron chi connectivity index (χ3n) is 2.34. The van der Waals surface area contributed by atoms with Gasteiger partial charge >= 0.3 is 5.97 Å². The minimum absolute atomic E-state index is 0.134. The van der Waals surface area contributed by atoms with E-state index in [1.54, 1.807) is 0 Å². The van der Waals surface area contributed by atoms with Crippen LogP contribution in [0.15, 0.2) is 40.8 Å². The van der Waals surface area contributed by atoms with Crippen molar-refractivity contribution in [2.24, 2.45) is 0 Å². The molecule has 1 aromatic heterocycles. The predicted molar refractivity (Wildman–Crippen MR) is 61.6 cm³/mol. The number of hydrogen-bond acceptors (Lipinski definition) is 3. The number of ether oxygens (including phenoxy) is 1.